The van der Waals surface area contributed by atoms with E-state index in [-0.39, 0.29) is 0 Å². The molecule has 2 heteroatoms. The Balaban J connectivity index is 2.00. The van der Waals surface area contributed by atoms with Gasteiger partial charge in [0.25, 0.3) is 0 Å². The molecule has 1 heterocycles. The first kappa shape index (κ1) is 12.6. The SMILES string of the molecule is CC1CCCCN1C(CN)Cc1ccccc1. The third-order valence-corrected chi connectivity index (χ3v) is 3.91. The average molecular weight is 232 g/mol. The van der Waals surface area contributed by atoms with Gasteiger partial charge in [-0.25, -0.2) is 0 Å². The van der Waals surface area contributed by atoms with Gasteiger partial charge in [0.15, 0.2) is 0 Å². The fourth-order valence-electron chi connectivity index (χ4n) is 2.88. The van der Waals surface area contributed by atoms with Crippen LogP contribution in [0.4, 0.5) is 0 Å². The lowest BCUT2D eigenvalue weighted by atomic mass is 9.97. The summed E-state index contributed by atoms with van der Waals surface area (Å²) in [5, 5.41) is 0. The number of rotatable bonds is 4. The maximum absolute atomic E-state index is 5.97. The topological polar surface area (TPSA) is 29.3 Å². The fraction of sp³-hybridized carbons (Fsp3) is 0.600. The van der Waals surface area contributed by atoms with E-state index in [1.807, 2.05) is 0 Å². The molecule has 0 radical (unpaired) electrons. The van der Waals surface area contributed by atoms with Gasteiger partial charge in [-0.15, -0.1) is 0 Å². The van der Waals surface area contributed by atoms with E-state index in [9.17, 15) is 0 Å². The Labute approximate surface area is 105 Å². The Morgan fingerprint density at radius 3 is 2.71 bits per heavy atom. The molecule has 1 aliphatic heterocycles. The van der Waals surface area contributed by atoms with Gasteiger partial charge in [-0.1, -0.05) is 36.8 Å². The van der Waals surface area contributed by atoms with Crippen molar-refractivity contribution >= 4 is 0 Å². The third kappa shape index (κ3) is 3.30. The van der Waals surface area contributed by atoms with Crippen LogP contribution in [0.15, 0.2) is 30.3 Å². The first-order valence-electron chi connectivity index (χ1n) is 6.81. The van der Waals surface area contributed by atoms with Crippen molar-refractivity contribution in [1.82, 2.24) is 4.90 Å². The standard InChI is InChI=1S/C15H24N2/c1-13-7-5-6-10-17(13)15(12-16)11-14-8-3-2-4-9-14/h2-4,8-9,13,15H,5-7,10-12,16H2,1H3. The molecule has 0 bridgehead atoms. The highest BCUT2D eigenvalue weighted by Crippen LogP contribution is 2.20. The minimum absolute atomic E-state index is 0.507. The lowest BCUT2D eigenvalue weighted by Crippen LogP contribution is -2.49. The van der Waals surface area contributed by atoms with Crippen molar-refractivity contribution in [3.05, 3.63) is 35.9 Å². The minimum Gasteiger partial charge on any atom is -0.329 e. The molecule has 2 N–H and O–H groups in total. The van der Waals surface area contributed by atoms with Crippen LogP contribution >= 0.6 is 0 Å². The molecule has 1 aromatic rings. The molecule has 2 nitrogen and oxygen atoms in total. The summed E-state index contributed by atoms with van der Waals surface area (Å²) in [6.07, 6.45) is 5.11. The molecule has 0 saturated carbocycles. The quantitative estimate of drug-likeness (QED) is 0.864. The average Bonchev–Trinajstić information content (AvgIpc) is 2.38. The summed E-state index contributed by atoms with van der Waals surface area (Å²) in [6.45, 7) is 4.32. The molecular formula is C15H24N2. The van der Waals surface area contributed by atoms with Crippen LogP contribution in [-0.2, 0) is 6.42 Å². The maximum Gasteiger partial charge on any atom is 0.0261 e. The van der Waals surface area contributed by atoms with Gasteiger partial charge in [-0.2, -0.15) is 0 Å². The zero-order valence-electron chi connectivity index (χ0n) is 10.8. The third-order valence-electron chi connectivity index (χ3n) is 3.91. The van der Waals surface area contributed by atoms with E-state index in [2.05, 4.69) is 42.2 Å². The van der Waals surface area contributed by atoms with Crippen molar-refractivity contribution in [2.45, 2.75) is 44.7 Å². The smallest absolute Gasteiger partial charge is 0.0261 e. The van der Waals surface area contributed by atoms with Crippen LogP contribution in [0.1, 0.15) is 31.7 Å². The number of nitrogens with zero attached hydrogens (tertiary/aromatic N) is 1. The van der Waals surface area contributed by atoms with Gasteiger partial charge in [-0.05, 0) is 38.3 Å². The summed E-state index contributed by atoms with van der Waals surface area (Å²) >= 11 is 0. The lowest BCUT2D eigenvalue weighted by molar-refractivity contribution is 0.108. The highest BCUT2D eigenvalue weighted by Gasteiger charge is 2.24. The Morgan fingerprint density at radius 2 is 2.06 bits per heavy atom. The minimum atomic E-state index is 0.507. The second kappa shape index (κ2) is 6.18. The Morgan fingerprint density at radius 1 is 1.29 bits per heavy atom. The van der Waals surface area contributed by atoms with Gasteiger partial charge in [0.1, 0.15) is 0 Å². The van der Waals surface area contributed by atoms with Crippen molar-refractivity contribution in [1.29, 1.82) is 0 Å². The van der Waals surface area contributed by atoms with E-state index >= 15 is 0 Å². The van der Waals surface area contributed by atoms with Crippen LogP contribution in [0.25, 0.3) is 0 Å². The van der Waals surface area contributed by atoms with E-state index < -0.39 is 0 Å². The first-order valence-corrected chi connectivity index (χ1v) is 6.81. The molecule has 0 spiro atoms. The second-order valence-corrected chi connectivity index (χ2v) is 5.16. The van der Waals surface area contributed by atoms with Gasteiger partial charge < -0.3 is 5.73 Å². The van der Waals surface area contributed by atoms with Crippen molar-refractivity contribution in [2.75, 3.05) is 13.1 Å². The van der Waals surface area contributed by atoms with E-state index in [1.54, 1.807) is 0 Å². The van der Waals surface area contributed by atoms with Gasteiger partial charge in [0, 0.05) is 18.6 Å². The van der Waals surface area contributed by atoms with Crippen LogP contribution in [-0.4, -0.2) is 30.1 Å². The summed E-state index contributed by atoms with van der Waals surface area (Å²) in [5.41, 5.74) is 7.38. The molecule has 1 fully saturated rings. The number of hydrogen-bond acceptors (Lipinski definition) is 2. The van der Waals surface area contributed by atoms with E-state index in [0.29, 0.717) is 12.1 Å². The summed E-state index contributed by atoms with van der Waals surface area (Å²) in [4.78, 5) is 2.61. The number of benzene rings is 1. The summed E-state index contributed by atoms with van der Waals surface area (Å²) in [5.74, 6) is 0. The fourth-order valence-corrected chi connectivity index (χ4v) is 2.88. The van der Waals surface area contributed by atoms with Gasteiger partial charge in [-0.3, -0.25) is 4.90 Å². The van der Waals surface area contributed by atoms with Crippen LogP contribution in [0.2, 0.25) is 0 Å². The Hall–Kier alpha value is -0.860. The largest absolute Gasteiger partial charge is 0.329 e. The van der Waals surface area contributed by atoms with Crippen molar-refractivity contribution in [2.24, 2.45) is 5.73 Å². The molecular weight excluding hydrogens is 208 g/mol. The zero-order chi connectivity index (χ0) is 12.1. The molecule has 0 aromatic heterocycles. The van der Waals surface area contributed by atoms with Gasteiger partial charge in [0.05, 0.1) is 0 Å². The monoisotopic (exact) mass is 232 g/mol. The number of piperidine rings is 1. The van der Waals surface area contributed by atoms with Crippen LogP contribution in [0.3, 0.4) is 0 Å². The van der Waals surface area contributed by atoms with Gasteiger partial charge >= 0.3 is 0 Å². The second-order valence-electron chi connectivity index (χ2n) is 5.16. The normalized spacial score (nSPS) is 23.5. The zero-order valence-corrected chi connectivity index (χ0v) is 10.8. The Bertz CT molecular complexity index is 323. The van der Waals surface area contributed by atoms with Crippen molar-refractivity contribution in [3.63, 3.8) is 0 Å². The molecule has 17 heavy (non-hydrogen) atoms. The highest BCUT2D eigenvalue weighted by molar-refractivity contribution is 5.16. The Kier molecular flexibility index (Phi) is 4.57. The van der Waals surface area contributed by atoms with E-state index in [1.165, 1.54) is 31.4 Å². The molecule has 0 aliphatic carbocycles. The molecule has 1 saturated heterocycles. The van der Waals surface area contributed by atoms with Crippen LogP contribution in [0.5, 0.6) is 0 Å². The summed E-state index contributed by atoms with van der Waals surface area (Å²) in [7, 11) is 0. The molecule has 1 aromatic carbocycles. The highest BCUT2D eigenvalue weighted by atomic mass is 15.2. The molecule has 2 unspecified atom stereocenters. The number of likely N-dealkylation sites (tertiary alicyclic amines) is 1. The first-order chi connectivity index (χ1) is 8.31. The van der Waals surface area contributed by atoms with E-state index in [4.69, 9.17) is 5.73 Å². The maximum atomic E-state index is 5.97. The number of nitrogens with two attached hydrogens (primary N) is 1. The van der Waals surface area contributed by atoms with Crippen molar-refractivity contribution < 1.29 is 0 Å². The molecule has 2 atom stereocenters. The lowest BCUT2D eigenvalue weighted by Gasteiger charge is -2.39. The van der Waals surface area contributed by atoms with E-state index in [0.717, 1.165) is 13.0 Å². The summed E-state index contributed by atoms with van der Waals surface area (Å²) < 4.78 is 0. The van der Waals surface area contributed by atoms with Crippen molar-refractivity contribution in [3.8, 4) is 0 Å². The van der Waals surface area contributed by atoms with Gasteiger partial charge in [0.2, 0.25) is 0 Å². The molecule has 94 valence electrons. The summed E-state index contributed by atoms with van der Waals surface area (Å²) in [6, 6.07) is 11.9. The number of hydrogen-bond donors (Lipinski definition) is 1. The molecule has 0 amide bonds. The molecule has 2 rings (SSSR count). The predicted octanol–water partition coefficient (Wildman–Crippen LogP) is 2.43. The van der Waals surface area contributed by atoms with Crippen LogP contribution < -0.4 is 5.73 Å². The molecule has 1 aliphatic rings. The predicted molar refractivity (Wildman–Crippen MR) is 73.0 cm³/mol. The van der Waals surface area contributed by atoms with Crippen LogP contribution in [0, 0.1) is 0 Å².